The minimum absolute atomic E-state index is 0.233. The summed E-state index contributed by atoms with van der Waals surface area (Å²) in [5.41, 5.74) is 8.14. The molecule has 0 bridgehead atoms. The van der Waals surface area contributed by atoms with E-state index in [9.17, 15) is 4.79 Å². The Kier molecular flexibility index (Phi) is 4.41. The molecule has 3 heterocycles. The SMILES string of the molecule is CNC(=O)OCCNc1ccc2ncc(-c3ccnc(N)c3)n2n1. The number of anilines is 2. The van der Waals surface area contributed by atoms with Crippen LogP contribution in [0.5, 0.6) is 0 Å². The van der Waals surface area contributed by atoms with Gasteiger partial charge in [0.1, 0.15) is 18.2 Å². The highest BCUT2D eigenvalue weighted by Crippen LogP contribution is 2.21. The molecule has 3 rings (SSSR count). The molecule has 0 saturated carbocycles. The lowest BCUT2D eigenvalue weighted by molar-refractivity contribution is 0.153. The van der Waals surface area contributed by atoms with Crippen molar-refractivity contribution in [3.8, 4) is 11.3 Å². The summed E-state index contributed by atoms with van der Waals surface area (Å²) in [6.45, 7) is 0.676. The van der Waals surface area contributed by atoms with Crippen LogP contribution in [0, 0.1) is 0 Å². The van der Waals surface area contributed by atoms with Crippen molar-refractivity contribution in [1.82, 2.24) is 24.9 Å². The van der Waals surface area contributed by atoms with Crippen molar-refractivity contribution in [1.29, 1.82) is 0 Å². The van der Waals surface area contributed by atoms with Gasteiger partial charge >= 0.3 is 6.09 Å². The molecule has 3 aromatic heterocycles. The molecule has 0 fully saturated rings. The van der Waals surface area contributed by atoms with Gasteiger partial charge in [0.25, 0.3) is 0 Å². The van der Waals surface area contributed by atoms with Crippen LogP contribution in [0.2, 0.25) is 0 Å². The van der Waals surface area contributed by atoms with Crippen LogP contribution in [-0.4, -0.2) is 45.9 Å². The van der Waals surface area contributed by atoms with Crippen LogP contribution in [0.1, 0.15) is 0 Å². The molecule has 0 atom stereocenters. The Bertz CT molecular complexity index is 862. The van der Waals surface area contributed by atoms with Gasteiger partial charge in [0.2, 0.25) is 0 Å². The van der Waals surface area contributed by atoms with E-state index >= 15 is 0 Å². The number of nitrogens with one attached hydrogen (secondary N) is 2. The number of hydrogen-bond acceptors (Lipinski definition) is 7. The average molecular weight is 327 g/mol. The molecule has 3 aromatic rings. The second-order valence-corrected chi connectivity index (χ2v) is 4.91. The first-order valence-corrected chi connectivity index (χ1v) is 7.32. The molecule has 0 aliphatic rings. The molecule has 0 unspecified atom stereocenters. The molecular formula is C15H17N7O2. The fraction of sp³-hybridized carbons (Fsp3) is 0.200. The number of pyridine rings is 1. The predicted octanol–water partition coefficient (Wildman–Crippen LogP) is 1.14. The smallest absolute Gasteiger partial charge is 0.406 e. The van der Waals surface area contributed by atoms with E-state index in [2.05, 4.69) is 25.7 Å². The number of nitrogens with zero attached hydrogens (tertiary/aromatic N) is 4. The Morgan fingerprint density at radius 2 is 2.21 bits per heavy atom. The van der Waals surface area contributed by atoms with E-state index in [1.54, 1.807) is 23.0 Å². The largest absolute Gasteiger partial charge is 0.448 e. The molecule has 0 saturated heterocycles. The third kappa shape index (κ3) is 3.35. The molecule has 0 radical (unpaired) electrons. The first kappa shape index (κ1) is 15.5. The highest BCUT2D eigenvalue weighted by molar-refractivity contribution is 5.67. The number of amides is 1. The molecule has 0 aromatic carbocycles. The van der Waals surface area contributed by atoms with Crippen molar-refractivity contribution < 1.29 is 9.53 Å². The molecule has 1 amide bonds. The summed E-state index contributed by atoms with van der Waals surface area (Å²) in [4.78, 5) is 19.3. The van der Waals surface area contributed by atoms with Gasteiger partial charge in [-0.25, -0.2) is 19.3 Å². The summed E-state index contributed by atoms with van der Waals surface area (Å²) in [6, 6.07) is 7.27. The second kappa shape index (κ2) is 6.82. The topological polar surface area (TPSA) is 119 Å². The Morgan fingerprint density at radius 3 is 3.00 bits per heavy atom. The second-order valence-electron chi connectivity index (χ2n) is 4.91. The van der Waals surface area contributed by atoms with Gasteiger partial charge in [-0.05, 0) is 24.3 Å². The third-order valence-corrected chi connectivity index (χ3v) is 3.28. The standard InChI is InChI=1S/C15H17N7O2/c1-17-15(23)24-7-6-19-13-2-3-14-20-9-11(22(14)21-13)10-4-5-18-12(16)8-10/h2-5,8-9H,6-7H2,1H3,(H2,16,18)(H,17,23)(H,19,21). The number of ether oxygens (including phenoxy) is 1. The van der Waals surface area contributed by atoms with Gasteiger partial charge in [-0.15, -0.1) is 5.10 Å². The van der Waals surface area contributed by atoms with Crippen molar-refractivity contribution >= 4 is 23.4 Å². The zero-order chi connectivity index (χ0) is 16.9. The number of imidazole rings is 1. The van der Waals surface area contributed by atoms with Crippen LogP contribution in [0.15, 0.2) is 36.7 Å². The molecule has 4 N–H and O–H groups in total. The van der Waals surface area contributed by atoms with E-state index in [1.807, 2.05) is 18.2 Å². The number of carbonyl (C=O) groups excluding carboxylic acids is 1. The normalized spacial score (nSPS) is 10.5. The van der Waals surface area contributed by atoms with E-state index in [0.29, 0.717) is 23.8 Å². The van der Waals surface area contributed by atoms with Gasteiger partial charge < -0.3 is 21.1 Å². The van der Waals surface area contributed by atoms with Crippen molar-refractivity contribution in [2.75, 3.05) is 31.2 Å². The van der Waals surface area contributed by atoms with Gasteiger partial charge in [0.05, 0.1) is 18.4 Å². The lowest BCUT2D eigenvalue weighted by Gasteiger charge is -2.08. The number of alkyl carbamates (subject to hydrolysis) is 1. The number of aromatic nitrogens is 4. The predicted molar refractivity (Wildman–Crippen MR) is 89.5 cm³/mol. The minimum atomic E-state index is -0.465. The highest BCUT2D eigenvalue weighted by atomic mass is 16.5. The Labute approximate surface area is 137 Å². The number of rotatable bonds is 5. The maximum absolute atomic E-state index is 11.0. The maximum Gasteiger partial charge on any atom is 0.406 e. The van der Waals surface area contributed by atoms with E-state index < -0.39 is 6.09 Å². The number of hydrogen-bond donors (Lipinski definition) is 3. The molecule has 9 nitrogen and oxygen atoms in total. The van der Waals surface area contributed by atoms with Gasteiger partial charge in [-0.3, -0.25) is 0 Å². The Balaban J connectivity index is 1.77. The van der Waals surface area contributed by atoms with E-state index in [1.165, 1.54) is 7.05 Å². The van der Waals surface area contributed by atoms with Gasteiger partial charge in [-0.2, -0.15) is 0 Å². The third-order valence-electron chi connectivity index (χ3n) is 3.28. The lowest BCUT2D eigenvalue weighted by atomic mass is 10.2. The van der Waals surface area contributed by atoms with Gasteiger partial charge in [-0.1, -0.05) is 0 Å². The lowest BCUT2D eigenvalue weighted by Crippen LogP contribution is -2.22. The molecule has 24 heavy (non-hydrogen) atoms. The number of carbonyl (C=O) groups is 1. The zero-order valence-corrected chi connectivity index (χ0v) is 13.1. The summed E-state index contributed by atoms with van der Waals surface area (Å²) in [5.74, 6) is 1.08. The van der Waals surface area contributed by atoms with Crippen LogP contribution in [-0.2, 0) is 4.74 Å². The molecular weight excluding hydrogens is 310 g/mol. The highest BCUT2D eigenvalue weighted by Gasteiger charge is 2.08. The van der Waals surface area contributed by atoms with Crippen LogP contribution in [0.4, 0.5) is 16.4 Å². The van der Waals surface area contributed by atoms with E-state index in [0.717, 1.165) is 11.3 Å². The first-order valence-electron chi connectivity index (χ1n) is 7.32. The zero-order valence-electron chi connectivity index (χ0n) is 13.1. The molecule has 0 spiro atoms. The van der Waals surface area contributed by atoms with Gasteiger partial charge in [0.15, 0.2) is 5.65 Å². The van der Waals surface area contributed by atoms with E-state index in [4.69, 9.17) is 10.5 Å². The van der Waals surface area contributed by atoms with Gasteiger partial charge in [0, 0.05) is 18.8 Å². The van der Waals surface area contributed by atoms with Crippen LogP contribution < -0.4 is 16.4 Å². The van der Waals surface area contributed by atoms with E-state index in [-0.39, 0.29) is 6.61 Å². The monoisotopic (exact) mass is 327 g/mol. The Hall–Kier alpha value is -3.36. The summed E-state index contributed by atoms with van der Waals surface area (Å²) in [7, 11) is 1.51. The summed E-state index contributed by atoms with van der Waals surface area (Å²) < 4.78 is 6.63. The van der Waals surface area contributed by atoms with Crippen molar-refractivity contribution in [2.45, 2.75) is 0 Å². The van der Waals surface area contributed by atoms with Crippen LogP contribution in [0.25, 0.3) is 16.9 Å². The maximum atomic E-state index is 11.0. The Morgan fingerprint density at radius 1 is 1.33 bits per heavy atom. The summed E-state index contributed by atoms with van der Waals surface area (Å²) in [5, 5.41) is 9.98. The molecule has 0 aliphatic carbocycles. The van der Waals surface area contributed by atoms with Crippen LogP contribution in [0.3, 0.4) is 0 Å². The molecule has 9 heteroatoms. The quantitative estimate of drug-likeness (QED) is 0.601. The first-order chi connectivity index (χ1) is 11.7. The number of nitrogens with two attached hydrogens (primary N) is 1. The minimum Gasteiger partial charge on any atom is -0.448 e. The summed E-state index contributed by atoms with van der Waals surface area (Å²) in [6.07, 6.45) is 2.91. The fourth-order valence-electron chi connectivity index (χ4n) is 2.17. The van der Waals surface area contributed by atoms with Crippen LogP contribution >= 0.6 is 0 Å². The molecule has 124 valence electrons. The average Bonchev–Trinajstić information content (AvgIpc) is 3.01. The number of fused-ring (bicyclic) bond motifs is 1. The number of nitrogen functional groups attached to an aromatic ring is 1. The van der Waals surface area contributed by atoms with Crippen molar-refractivity contribution in [2.24, 2.45) is 0 Å². The summed E-state index contributed by atoms with van der Waals surface area (Å²) >= 11 is 0. The van der Waals surface area contributed by atoms with Crippen molar-refractivity contribution in [3.05, 3.63) is 36.7 Å². The molecule has 0 aliphatic heterocycles. The fourth-order valence-corrected chi connectivity index (χ4v) is 2.17. The van der Waals surface area contributed by atoms with Crippen molar-refractivity contribution in [3.63, 3.8) is 0 Å².